The molecule has 0 aromatic heterocycles. The van der Waals surface area contributed by atoms with Gasteiger partial charge < -0.3 is 20.3 Å². The first-order valence-corrected chi connectivity index (χ1v) is 10.6. The van der Waals surface area contributed by atoms with Crippen LogP contribution >= 0.6 is 24.0 Å². The number of benzene rings is 1. The second-order valence-electron chi connectivity index (χ2n) is 6.16. The Labute approximate surface area is 181 Å². The van der Waals surface area contributed by atoms with E-state index in [0.29, 0.717) is 24.7 Å². The maximum Gasteiger partial charge on any atom is 0.387 e. The maximum atomic E-state index is 12.6. The van der Waals surface area contributed by atoms with Crippen molar-refractivity contribution in [2.45, 2.75) is 26.0 Å². The molecule has 1 aromatic rings. The second kappa shape index (κ2) is 11.6. The molecule has 28 heavy (non-hydrogen) atoms. The first kappa shape index (κ1) is 24.7. The Balaban J connectivity index is 0.00000392. The Morgan fingerprint density at radius 2 is 2.11 bits per heavy atom. The zero-order valence-corrected chi connectivity index (χ0v) is 19.0. The number of ether oxygens (including phenoxy) is 1. The van der Waals surface area contributed by atoms with E-state index in [2.05, 4.69) is 20.4 Å². The quantitative estimate of drug-likeness (QED) is 0.303. The molecule has 2 rings (SSSR count). The van der Waals surface area contributed by atoms with Crippen LogP contribution in [0.25, 0.3) is 0 Å². The number of hydrogen-bond donors (Lipinski definition) is 2. The van der Waals surface area contributed by atoms with Gasteiger partial charge in [-0.2, -0.15) is 8.78 Å². The van der Waals surface area contributed by atoms with E-state index >= 15 is 0 Å². The van der Waals surface area contributed by atoms with Gasteiger partial charge in [-0.25, -0.2) is 8.42 Å². The van der Waals surface area contributed by atoms with E-state index in [4.69, 9.17) is 0 Å². The third-order valence-electron chi connectivity index (χ3n) is 4.32. The summed E-state index contributed by atoms with van der Waals surface area (Å²) < 4.78 is 52.9. The summed E-state index contributed by atoms with van der Waals surface area (Å²) in [6.07, 6.45) is 0.789. The topological polar surface area (TPSA) is 83.0 Å². The minimum atomic E-state index is -3.04. The average Bonchev–Trinajstić information content (AvgIpc) is 3.09. The predicted octanol–water partition coefficient (Wildman–Crippen LogP) is 2.08. The third kappa shape index (κ3) is 7.57. The van der Waals surface area contributed by atoms with Crippen LogP contribution in [0.4, 0.5) is 14.5 Å². The summed E-state index contributed by atoms with van der Waals surface area (Å²) >= 11 is 0. The van der Waals surface area contributed by atoms with Gasteiger partial charge in [0.2, 0.25) is 0 Å². The van der Waals surface area contributed by atoms with Gasteiger partial charge in [-0.1, -0.05) is 19.1 Å². The van der Waals surface area contributed by atoms with E-state index in [1.807, 2.05) is 4.90 Å². The van der Waals surface area contributed by atoms with Crippen LogP contribution < -0.4 is 20.3 Å². The predicted molar refractivity (Wildman–Crippen MR) is 118 cm³/mol. The van der Waals surface area contributed by atoms with Crippen LogP contribution in [-0.2, 0) is 9.84 Å². The van der Waals surface area contributed by atoms with E-state index in [9.17, 15) is 17.2 Å². The van der Waals surface area contributed by atoms with Crippen molar-refractivity contribution in [2.75, 3.05) is 43.1 Å². The van der Waals surface area contributed by atoms with E-state index in [-0.39, 0.29) is 53.8 Å². The molecule has 0 bridgehead atoms. The van der Waals surface area contributed by atoms with Gasteiger partial charge in [0.25, 0.3) is 0 Å². The molecular formula is C17H27F2IN4O3S. The largest absolute Gasteiger partial charge is 0.433 e. The molecule has 2 N–H and O–H groups in total. The summed E-state index contributed by atoms with van der Waals surface area (Å²) in [5.74, 6) is 0.822. The van der Waals surface area contributed by atoms with E-state index in [1.165, 1.54) is 6.07 Å². The summed E-state index contributed by atoms with van der Waals surface area (Å²) in [6, 6.07) is 6.77. The highest BCUT2D eigenvalue weighted by Gasteiger charge is 2.26. The van der Waals surface area contributed by atoms with Crippen LogP contribution in [-0.4, -0.2) is 65.2 Å². The van der Waals surface area contributed by atoms with Gasteiger partial charge in [0.15, 0.2) is 15.8 Å². The van der Waals surface area contributed by atoms with Gasteiger partial charge in [0.1, 0.15) is 5.75 Å². The van der Waals surface area contributed by atoms with Crippen molar-refractivity contribution >= 4 is 45.5 Å². The fourth-order valence-electron chi connectivity index (χ4n) is 2.87. The minimum Gasteiger partial charge on any atom is -0.433 e. The monoisotopic (exact) mass is 532 g/mol. The summed E-state index contributed by atoms with van der Waals surface area (Å²) in [7, 11) is -1.43. The standard InChI is InChI=1S/C17H26F2N4O3S.HI/c1-3-27(24,25)11-9-21-17(20-2)22-13-8-10-23(12-13)14-6-4-5-7-15(14)26-16(18)19;/h4-7,13,16H,3,8-12H2,1-2H3,(H2,20,21,22);1H. The minimum absolute atomic E-state index is 0. The van der Waals surface area contributed by atoms with E-state index in [0.717, 1.165) is 6.42 Å². The molecule has 0 radical (unpaired) electrons. The number of alkyl halides is 2. The van der Waals surface area contributed by atoms with E-state index in [1.54, 1.807) is 32.2 Å². The van der Waals surface area contributed by atoms with Crippen LogP contribution in [0.3, 0.4) is 0 Å². The van der Waals surface area contributed by atoms with Crippen LogP contribution in [0, 0.1) is 0 Å². The van der Waals surface area contributed by atoms with Crippen molar-refractivity contribution in [1.82, 2.24) is 10.6 Å². The Hall–Kier alpha value is -1.37. The SMILES string of the molecule is CCS(=O)(=O)CCNC(=NC)NC1CCN(c2ccccc2OC(F)F)C1.I. The van der Waals surface area contributed by atoms with Crippen molar-refractivity contribution in [2.24, 2.45) is 4.99 Å². The molecule has 11 heteroatoms. The highest BCUT2D eigenvalue weighted by molar-refractivity contribution is 14.0. The Morgan fingerprint density at radius 3 is 2.75 bits per heavy atom. The van der Waals surface area contributed by atoms with Crippen LogP contribution in [0.1, 0.15) is 13.3 Å². The first-order chi connectivity index (χ1) is 12.8. The number of para-hydroxylation sites is 2. The van der Waals surface area contributed by atoms with Crippen LogP contribution in [0.5, 0.6) is 5.75 Å². The molecule has 0 aliphatic carbocycles. The fraction of sp³-hybridized carbons (Fsp3) is 0.588. The zero-order chi connectivity index (χ0) is 19.9. The number of anilines is 1. The fourth-order valence-corrected chi connectivity index (χ4v) is 3.57. The summed E-state index contributed by atoms with van der Waals surface area (Å²) in [5.41, 5.74) is 0.624. The van der Waals surface area contributed by atoms with Crippen LogP contribution in [0.2, 0.25) is 0 Å². The molecule has 1 atom stereocenters. The molecule has 1 aliphatic rings. The lowest BCUT2D eigenvalue weighted by Crippen LogP contribution is -2.45. The van der Waals surface area contributed by atoms with Gasteiger partial charge in [0.05, 0.1) is 11.4 Å². The molecular weight excluding hydrogens is 505 g/mol. The third-order valence-corrected chi connectivity index (χ3v) is 6.03. The summed E-state index contributed by atoms with van der Waals surface area (Å²) in [5, 5.41) is 6.24. The number of aliphatic imine (C=N–C) groups is 1. The number of halogens is 3. The molecule has 0 saturated carbocycles. The molecule has 0 amide bonds. The average molecular weight is 532 g/mol. The molecule has 1 heterocycles. The Kier molecular flexibility index (Phi) is 10.2. The molecule has 0 spiro atoms. The van der Waals surface area contributed by atoms with Crippen molar-refractivity contribution in [3.63, 3.8) is 0 Å². The van der Waals surface area contributed by atoms with Crippen molar-refractivity contribution in [1.29, 1.82) is 0 Å². The highest BCUT2D eigenvalue weighted by atomic mass is 127. The number of hydrogen-bond acceptors (Lipinski definition) is 5. The number of guanidine groups is 1. The number of rotatable bonds is 8. The number of nitrogens with zero attached hydrogens (tertiary/aromatic N) is 2. The summed E-state index contributed by atoms with van der Waals surface area (Å²) in [6.45, 7) is 0.299. The maximum absolute atomic E-state index is 12.6. The Morgan fingerprint density at radius 1 is 1.39 bits per heavy atom. The molecule has 1 fully saturated rings. The number of sulfone groups is 1. The van der Waals surface area contributed by atoms with Gasteiger partial charge in [-0.05, 0) is 18.6 Å². The van der Waals surface area contributed by atoms with Crippen LogP contribution in [0.15, 0.2) is 29.3 Å². The van der Waals surface area contributed by atoms with E-state index < -0.39 is 16.4 Å². The van der Waals surface area contributed by atoms with Crippen molar-refractivity contribution in [3.8, 4) is 5.75 Å². The lowest BCUT2D eigenvalue weighted by atomic mass is 10.2. The van der Waals surface area contributed by atoms with Crippen molar-refractivity contribution < 1.29 is 21.9 Å². The highest BCUT2D eigenvalue weighted by Crippen LogP contribution is 2.31. The smallest absolute Gasteiger partial charge is 0.387 e. The molecule has 7 nitrogen and oxygen atoms in total. The number of nitrogens with one attached hydrogen (secondary N) is 2. The lowest BCUT2D eigenvalue weighted by molar-refractivity contribution is -0.0495. The molecule has 1 aromatic carbocycles. The molecule has 1 aliphatic heterocycles. The van der Waals surface area contributed by atoms with Gasteiger partial charge >= 0.3 is 6.61 Å². The summed E-state index contributed by atoms with van der Waals surface area (Å²) in [4.78, 5) is 6.09. The van der Waals surface area contributed by atoms with Gasteiger partial charge in [-0.3, -0.25) is 4.99 Å². The van der Waals surface area contributed by atoms with Gasteiger partial charge in [0, 0.05) is 38.5 Å². The molecule has 160 valence electrons. The van der Waals surface area contributed by atoms with Crippen molar-refractivity contribution in [3.05, 3.63) is 24.3 Å². The molecule has 1 saturated heterocycles. The lowest BCUT2D eigenvalue weighted by Gasteiger charge is -2.22. The molecule has 1 unspecified atom stereocenters. The first-order valence-electron chi connectivity index (χ1n) is 8.81. The zero-order valence-electron chi connectivity index (χ0n) is 15.9. The Bertz CT molecular complexity index is 750. The second-order valence-corrected chi connectivity index (χ2v) is 8.63. The normalized spacial score (nSPS) is 17.4. The van der Waals surface area contributed by atoms with Gasteiger partial charge in [-0.15, -0.1) is 24.0 Å².